The lowest BCUT2D eigenvalue weighted by Gasteiger charge is -2.12. The predicted octanol–water partition coefficient (Wildman–Crippen LogP) is 3.04. The van der Waals surface area contributed by atoms with Crippen LogP contribution >= 0.6 is 11.6 Å². The van der Waals surface area contributed by atoms with Gasteiger partial charge < -0.3 is 16.8 Å². The Hall–Kier alpha value is -2.34. The number of hydrogen-bond donors (Lipinski definition) is 3. The molecule has 0 aliphatic carbocycles. The monoisotopic (exact) mass is 297 g/mol. The Morgan fingerprint density at radius 2 is 1.85 bits per heavy atom. The summed E-state index contributed by atoms with van der Waals surface area (Å²) in [5, 5.41) is 2.79. The third-order valence-corrected chi connectivity index (χ3v) is 2.93. The van der Waals surface area contributed by atoms with Crippen LogP contribution in [0, 0.1) is 11.6 Å². The zero-order valence-electron chi connectivity index (χ0n) is 10.1. The number of carbonyl (C=O) groups is 1. The first kappa shape index (κ1) is 14.1. The first-order chi connectivity index (χ1) is 9.38. The molecule has 0 saturated heterocycles. The van der Waals surface area contributed by atoms with Gasteiger partial charge in [-0.1, -0.05) is 11.6 Å². The summed E-state index contributed by atoms with van der Waals surface area (Å²) >= 11 is 5.86. The minimum atomic E-state index is -0.795. The van der Waals surface area contributed by atoms with Crippen molar-refractivity contribution >= 4 is 34.6 Å². The molecule has 2 aromatic carbocycles. The van der Waals surface area contributed by atoms with Gasteiger partial charge in [0.2, 0.25) is 0 Å². The SMILES string of the molecule is NC(=O)c1cc(Nc2cc(F)ccc2Cl)c(F)cc1N. The molecule has 0 fully saturated rings. The van der Waals surface area contributed by atoms with Gasteiger partial charge in [-0.3, -0.25) is 4.79 Å². The van der Waals surface area contributed by atoms with Gasteiger partial charge in [0, 0.05) is 5.69 Å². The molecular formula is C13H10ClF2N3O. The Morgan fingerprint density at radius 3 is 2.50 bits per heavy atom. The lowest BCUT2D eigenvalue weighted by molar-refractivity contribution is 0.100. The number of nitrogens with one attached hydrogen (secondary N) is 1. The molecular weight excluding hydrogens is 288 g/mol. The molecule has 0 aromatic heterocycles. The van der Waals surface area contributed by atoms with Crippen molar-refractivity contribution in [3.05, 3.63) is 52.6 Å². The first-order valence-electron chi connectivity index (χ1n) is 5.49. The maximum Gasteiger partial charge on any atom is 0.250 e. The third kappa shape index (κ3) is 2.80. The minimum Gasteiger partial charge on any atom is -0.398 e. The maximum absolute atomic E-state index is 13.8. The molecule has 7 heteroatoms. The Bertz CT molecular complexity index is 692. The number of carbonyl (C=O) groups excluding carboxylic acids is 1. The van der Waals surface area contributed by atoms with Gasteiger partial charge in [-0.15, -0.1) is 0 Å². The molecule has 0 heterocycles. The average molecular weight is 298 g/mol. The third-order valence-electron chi connectivity index (χ3n) is 2.60. The molecule has 2 rings (SSSR count). The van der Waals surface area contributed by atoms with Gasteiger partial charge in [0.15, 0.2) is 0 Å². The molecule has 0 radical (unpaired) electrons. The van der Waals surface area contributed by atoms with Gasteiger partial charge >= 0.3 is 0 Å². The number of halogens is 3. The highest BCUT2D eigenvalue weighted by atomic mass is 35.5. The standard InChI is InChI=1S/C13H10ClF2N3O/c14-8-2-1-6(15)3-11(8)19-12-4-7(13(18)20)10(17)5-9(12)16/h1-5,19H,17H2,(H2,18,20). The van der Waals surface area contributed by atoms with Crippen LogP contribution in [0.15, 0.2) is 30.3 Å². The van der Waals surface area contributed by atoms with Crippen LogP contribution in [0.5, 0.6) is 0 Å². The van der Waals surface area contributed by atoms with E-state index < -0.39 is 17.5 Å². The molecule has 1 amide bonds. The zero-order chi connectivity index (χ0) is 14.9. The number of hydrogen-bond acceptors (Lipinski definition) is 3. The Balaban J connectivity index is 2.45. The minimum absolute atomic E-state index is 0.0403. The number of nitrogen functional groups attached to an aromatic ring is 1. The smallest absolute Gasteiger partial charge is 0.250 e. The van der Waals surface area contributed by atoms with E-state index >= 15 is 0 Å². The second kappa shape index (κ2) is 5.34. The van der Waals surface area contributed by atoms with Crippen LogP contribution in [0.2, 0.25) is 5.02 Å². The zero-order valence-corrected chi connectivity index (χ0v) is 10.8. The molecule has 4 nitrogen and oxygen atoms in total. The van der Waals surface area contributed by atoms with Crippen LogP contribution < -0.4 is 16.8 Å². The Morgan fingerprint density at radius 1 is 1.15 bits per heavy atom. The van der Waals surface area contributed by atoms with Crippen LogP contribution in [-0.2, 0) is 0 Å². The average Bonchev–Trinajstić information content (AvgIpc) is 2.36. The van der Waals surface area contributed by atoms with Gasteiger partial charge in [-0.25, -0.2) is 8.78 Å². The number of anilines is 3. The summed E-state index contributed by atoms with van der Waals surface area (Å²) in [7, 11) is 0. The van der Waals surface area contributed by atoms with E-state index in [1.807, 2.05) is 0 Å². The molecule has 0 aliphatic heterocycles. The fourth-order valence-electron chi connectivity index (χ4n) is 1.64. The summed E-state index contributed by atoms with van der Waals surface area (Å²) in [6.45, 7) is 0. The number of benzene rings is 2. The largest absolute Gasteiger partial charge is 0.398 e. The van der Waals surface area contributed by atoms with Crippen LogP contribution in [-0.4, -0.2) is 5.91 Å². The van der Waals surface area contributed by atoms with Crippen molar-refractivity contribution in [1.29, 1.82) is 0 Å². The Kier molecular flexibility index (Phi) is 3.76. The molecule has 0 atom stereocenters. The number of rotatable bonds is 3. The van der Waals surface area contributed by atoms with Crippen molar-refractivity contribution in [3.8, 4) is 0 Å². The molecule has 0 bridgehead atoms. The summed E-state index contributed by atoms with van der Waals surface area (Å²) in [4.78, 5) is 11.2. The van der Waals surface area contributed by atoms with E-state index in [1.165, 1.54) is 12.1 Å². The maximum atomic E-state index is 13.8. The predicted molar refractivity (Wildman–Crippen MR) is 74.0 cm³/mol. The summed E-state index contributed by atoms with van der Waals surface area (Å²) in [5.41, 5.74) is 10.6. The Labute approximate surface area is 118 Å². The van der Waals surface area contributed by atoms with Gasteiger partial charge in [0.25, 0.3) is 5.91 Å². The molecule has 0 aliphatic rings. The summed E-state index contributed by atoms with van der Waals surface area (Å²) < 4.78 is 26.9. The van der Waals surface area contributed by atoms with Gasteiger partial charge in [0.05, 0.1) is 22.0 Å². The number of primary amides is 1. The van der Waals surface area contributed by atoms with E-state index in [4.69, 9.17) is 23.1 Å². The molecule has 0 spiro atoms. The van der Waals surface area contributed by atoms with Crippen molar-refractivity contribution in [2.24, 2.45) is 5.73 Å². The van der Waals surface area contributed by atoms with E-state index in [1.54, 1.807) is 0 Å². The molecule has 104 valence electrons. The molecule has 0 unspecified atom stereocenters. The van der Waals surface area contributed by atoms with Crippen LogP contribution in [0.3, 0.4) is 0 Å². The number of amides is 1. The topological polar surface area (TPSA) is 81.1 Å². The van der Waals surface area contributed by atoms with Crippen LogP contribution in [0.4, 0.5) is 25.8 Å². The van der Waals surface area contributed by atoms with Gasteiger partial charge in [0.1, 0.15) is 11.6 Å². The first-order valence-corrected chi connectivity index (χ1v) is 5.87. The molecule has 2 aromatic rings. The van der Waals surface area contributed by atoms with E-state index in [0.717, 1.165) is 18.2 Å². The summed E-state index contributed by atoms with van der Waals surface area (Å²) in [6, 6.07) is 5.69. The highest BCUT2D eigenvalue weighted by Gasteiger charge is 2.13. The van der Waals surface area contributed by atoms with Crippen molar-refractivity contribution in [2.75, 3.05) is 11.1 Å². The van der Waals surface area contributed by atoms with Gasteiger partial charge in [-0.2, -0.15) is 0 Å². The van der Waals surface area contributed by atoms with Crippen molar-refractivity contribution in [2.45, 2.75) is 0 Å². The van der Waals surface area contributed by atoms with E-state index in [2.05, 4.69) is 5.32 Å². The molecule has 5 N–H and O–H groups in total. The fraction of sp³-hybridized carbons (Fsp3) is 0. The highest BCUT2D eigenvalue weighted by Crippen LogP contribution is 2.29. The van der Waals surface area contributed by atoms with E-state index in [0.29, 0.717) is 0 Å². The molecule has 20 heavy (non-hydrogen) atoms. The van der Waals surface area contributed by atoms with Crippen molar-refractivity contribution in [1.82, 2.24) is 0 Å². The fourth-order valence-corrected chi connectivity index (χ4v) is 1.80. The summed E-state index contributed by atoms with van der Waals surface area (Å²) in [6.07, 6.45) is 0. The normalized spacial score (nSPS) is 10.3. The van der Waals surface area contributed by atoms with Crippen molar-refractivity contribution in [3.63, 3.8) is 0 Å². The van der Waals surface area contributed by atoms with Crippen LogP contribution in [0.25, 0.3) is 0 Å². The summed E-state index contributed by atoms with van der Waals surface area (Å²) in [5.74, 6) is -2.05. The van der Waals surface area contributed by atoms with E-state index in [9.17, 15) is 13.6 Å². The highest BCUT2D eigenvalue weighted by molar-refractivity contribution is 6.33. The molecule has 0 saturated carbocycles. The quantitative estimate of drug-likeness (QED) is 0.762. The second-order valence-corrected chi connectivity index (χ2v) is 4.44. The van der Waals surface area contributed by atoms with Crippen molar-refractivity contribution < 1.29 is 13.6 Å². The lowest BCUT2D eigenvalue weighted by Crippen LogP contribution is -2.14. The second-order valence-electron chi connectivity index (χ2n) is 4.03. The lowest BCUT2D eigenvalue weighted by atomic mass is 10.1. The van der Waals surface area contributed by atoms with E-state index in [-0.39, 0.29) is 27.6 Å². The van der Waals surface area contributed by atoms with Crippen LogP contribution in [0.1, 0.15) is 10.4 Å². The van der Waals surface area contributed by atoms with Gasteiger partial charge in [-0.05, 0) is 30.3 Å². The number of nitrogens with two attached hydrogens (primary N) is 2.